The maximum Gasteiger partial charge on any atom is 0.136 e. The molecule has 0 aliphatic carbocycles. The van der Waals surface area contributed by atoms with E-state index in [0.717, 1.165) is 45.1 Å². The Balaban J connectivity index is 0.00000368. The van der Waals surface area contributed by atoms with Crippen LogP contribution in [0.5, 0.6) is 5.75 Å². The quantitative estimate of drug-likeness (QED) is 0.173. The number of anilines is 3. The van der Waals surface area contributed by atoms with Crippen LogP contribution in [0.1, 0.15) is 26.3 Å². The van der Waals surface area contributed by atoms with Crippen molar-refractivity contribution in [1.82, 2.24) is 9.97 Å². The monoisotopic (exact) mass is 741 g/mol. The fourth-order valence-electron chi connectivity index (χ4n) is 5.00. The molecule has 0 saturated carbocycles. The second kappa shape index (κ2) is 12.8. The Morgan fingerprint density at radius 3 is 2.00 bits per heavy atom. The van der Waals surface area contributed by atoms with Gasteiger partial charge in [0.2, 0.25) is 0 Å². The standard InChI is InChI=1S/C38H32N3O.Pt/c1-38(2,3)30-22-29(23-32(26-30)41(31-16-8-5-9-17-31)37-20-12-13-21-39-37)34-24-28(27-14-6-4-7-15-27)25-35(40-34)33-18-10-11-19-36(33)42;/h4-22,24-26,42H,1-3H3;/q-1;. The number of pyridine rings is 2. The summed E-state index contributed by atoms with van der Waals surface area (Å²) in [6.45, 7) is 6.64. The third-order valence-electron chi connectivity index (χ3n) is 7.24. The number of hydrogen-bond acceptors (Lipinski definition) is 4. The number of phenolic OH excluding ortho intramolecular Hbond substituents is 1. The van der Waals surface area contributed by atoms with Crippen molar-refractivity contribution in [3.8, 4) is 39.4 Å². The predicted molar refractivity (Wildman–Crippen MR) is 172 cm³/mol. The number of aromatic hydroxyl groups is 1. The first-order valence-electron chi connectivity index (χ1n) is 14.1. The fourth-order valence-corrected chi connectivity index (χ4v) is 5.00. The zero-order valence-corrected chi connectivity index (χ0v) is 26.6. The van der Waals surface area contributed by atoms with Gasteiger partial charge in [0.05, 0.1) is 5.69 Å². The van der Waals surface area contributed by atoms with Gasteiger partial charge in [0.15, 0.2) is 0 Å². The van der Waals surface area contributed by atoms with Crippen LogP contribution in [0.2, 0.25) is 0 Å². The second-order valence-corrected chi connectivity index (χ2v) is 11.3. The summed E-state index contributed by atoms with van der Waals surface area (Å²) in [5, 5.41) is 10.7. The van der Waals surface area contributed by atoms with E-state index in [0.29, 0.717) is 11.3 Å². The Hall–Kier alpha value is -4.53. The minimum absolute atomic E-state index is 0. The summed E-state index contributed by atoms with van der Waals surface area (Å²) in [6.07, 6.45) is 1.81. The van der Waals surface area contributed by atoms with Crippen LogP contribution in [-0.2, 0) is 26.5 Å². The molecule has 216 valence electrons. The van der Waals surface area contributed by atoms with Gasteiger partial charge in [-0.05, 0) is 70.4 Å². The number of phenols is 1. The zero-order valence-electron chi connectivity index (χ0n) is 24.3. The molecular weight excluding hydrogens is 710 g/mol. The number of para-hydroxylation sites is 2. The molecule has 0 amide bonds. The summed E-state index contributed by atoms with van der Waals surface area (Å²) in [5.41, 5.74) is 7.99. The van der Waals surface area contributed by atoms with Crippen LogP contribution in [0.25, 0.3) is 33.6 Å². The minimum atomic E-state index is -0.136. The molecule has 0 aliphatic rings. The van der Waals surface area contributed by atoms with Gasteiger partial charge < -0.3 is 10.0 Å². The minimum Gasteiger partial charge on any atom is -0.507 e. The van der Waals surface area contributed by atoms with Crippen molar-refractivity contribution in [2.45, 2.75) is 26.2 Å². The Labute approximate surface area is 268 Å². The van der Waals surface area contributed by atoms with Gasteiger partial charge in [-0.15, -0.1) is 29.3 Å². The van der Waals surface area contributed by atoms with Crippen LogP contribution in [-0.4, -0.2) is 15.1 Å². The molecule has 0 aliphatic heterocycles. The van der Waals surface area contributed by atoms with Crippen molar-refractivity contribution < 1.29 is 26.2 Å². The van der Waals surface area contributed by atoms with Crippen molar-refractivity contribution in [2.24, 2.45) is 0 Å². The van der Waals surface area contributed by atoms with E-state index in [1.807, 2.05) is 85.1 Å². The molecule has 43 heavy (non-hydrogen) atoms. The largest absolute Gasteiger partial charge is 0.507 e. The van der Waals surface area contributed by atoms with Crippen molar-refractivity contribution >= 4 is 17.2 Å². The van der Waals surface area contributed by atoms with Crippen LogP contribution in [0, 0.1) is 6.07 Å². The molecule has 6 rings (SSSR count). The molecule has 6 aromatic rings. The van der Waals surface area contributed by atoms with E-state index >= 15 is 0 Å². The summed E-state index contributed by atoms with van der Waals surface area (Å²) < 4.78 is 0. The first-order valence-corrected chi connectivity index (χ1v) is 14.1. The number of nitrogens with zero attached hydrogens (tertiary/aromatic N) is 3. The van der Waals surface area contributed by atoms with Gasteiger partial charge in [0.25, 0.3) is 0 Å². The van der Waals surface area contributed by atoms with Crippen LogP contribution in [0.4, 0.5) is 17.2 Å². The number of hydrogen-bond donors (Lipinski definition) is 1. The van der Waals surface area contributed by atoms with Gasteiger partial charge in [0.1, 0.15) is 11.6 Å². The maximum absolute atomic E-state index is 10.7. The third kappa shape index (κ3) is 6.61. The summed E-state index contributed by atoms with van der Waals surface area (Å²) in [7, 11) is 0. The van der Waals surface area contributed by atoms with Crippen LogP contribution >= 0.6 is 0 Å². The molecule has 0 spiro atoms. The molecule has 0 fully saturated rings. The summed E-state index contributed by atoms with van der Waals surface area (Å²) in [6, 6.07) is 46.0. The number of aromatic nitrogens is 2. The average Bonchev–Trinajstić information content (AvgIpc) is 3.02. The first-order chi connectivity index (χ1) is 20.4. The Morgan fingerprint density at radius 1 is 0.674 bits per heavy atom. The van der Waals surface area contributed by atoms with E-state index in [-0.39, 0.29) is 32.2 Å². The van der Waals surface area contributed by atoms with E-state index in [9.17, 15) is 5.11 Å². The summed E-state index contributed by atoms with van der Waals surface area (Å²) in [4.78, 5) is 11.9. The Kier molecular flexibility index (Phi) is 8.89. The van der Waals surface area contributed by atoms with E-state index in [1.165, 1.54) is 0 Å². The average molecular weight is 742 g/mol. The van der Waals surface area contributed by atoms with E-state index in [2.05, 4.69) is 74.2 Å². The molecule has 0 atom stereocenters. The van der Waals surface area contributed by atoms with Gasteiger partial charge in [-0.3, -0.25) is 4.98 Å². The third-order valence-corrected chi connectivity index (χ3v) is 7.24. The molecular formula is C38H32N3OPt-. The fraction of sp³-hybridized carbons (Fsp3) is 0.105. The SMILES string of the molecule is CC(C)(C)c1cc(-c2cc(-c3ccccc3)cc(-c3ccccc3O)n2)[c-]c(N(c2ccccc2)c2ccccn2)c1.[Pt]. The molecule has 4 nitrogen and oxygen atoms in total. The first kappa shape index (κ1) is 29.9. The Bertz CT molecular complexity index is 1780. The Morgan fingerprint density at radius 2 is 1.33 bits per heavy atom. The number of rotatable bonds is 6. The van der Waals surface area contributed by atoms with Gasteiger partial charge in [-0.2, -0.15) is 0 Å². The molecule has 2 aromatic heterocycles. The molecule has 0 radical (unpaired) electrons. The van der Waals surface area contributed by atoms with Crippen molar-refractivity contribution in [1.29, 1.82) is 0 Å². The molecule has 0 bridgehead atoms. The summed E-state index contributed by atoms with van der Waals surface area (Å²) >= 11 is 0. The van der Waals surface area contributed by atoms with Gasteiger partial charge in [-0.25, -0.2) is 4.98 Å². The second-order valence-electron chi connectivity index (χ2n) is 11.3. The number of benzene rings is 4. The van der Waals surface area contributed by atoms with Crippen molar-refractivity contribution in [3.05, 3.63) is 145 Å². The van der Waals surface area contributed by atoms with Crippen LogP contribution in [0.15, 0.2) is 134 Å². The molecule has 5 heteroatoms. The smallest absolute Gasteiger partial charge is 0.136 e. The summed E-state index contributed by atoms with van der Waals surface area (Å²) in [5.74, 6) is 0.998. The van der Waals surface area contributed by atoms with Gasteiger partial charge in [0, 0.05) is 38.5 Å². The van der Waals surface area contributed by atoms with Gasteiger partial charge in [-0.1, -0.05) is 93.6 Å². The van der Waals surface area contributed by atoms with Crippen molar-refractivity contribution in [2.75, 3.05) is 4.90 Å². The van der Waals surface area contributed by atoms with Crippen LogP contribution in [0.3, 0.4) is 0 Å². The van der Waals surface area contributed by atoms with E-state index < -0.39 is 0 Å². The van der Waals surface area contributed by atoms with Crippen LogP contribution < -0.4 is 4.90 Å². The molecule has 0 saturated heterocycles. The normalized spacial score (nSPS) is 11.0. The zero-order chi connectivity index (χ0) is 29.1. The molecule has 1 N–H and O–H groups in total. The molecule has 4 aromatic carbocycles. The topological polar surface area (TPSA) is 49.3 Å². The van der Waals surface area contributed by atoms with Crippen molar-refractivity contribution in [3.63, 3.8) is 0 Å². The van der Waals surface area contributed by atoms with Gasteiger partial charge >= 0.3 is 0 Å². The maximum atomic E-state index is 10.7. The molecule has 2 heterocycles. The van der Waals surface area contributed by atoms with E-state index in [1.54, 1.807) is 6.07 Å². The molecule has 0 unspecified atom stereocenters. The predicted octanol–water partition coefficient (Wildman–Crippen LogP) is 9.75. The van der Waals surface area contributed by atoms with E-state index in [4.69, 9.17) is 9.97 Å².